The SMILES string of the molecule is COc1cc([C@H]2C3=CCn4c(=O)n(-c5ccccc5)c(=O)n4[C@@H]3C[C@H]3C(=O)N(c4cc(-c5sc6ccc(Cl)cc6c5C)nn4C)C(=O)[C@@]23C)cc(I)c1O. The van der Waals surface area contributed by atoms with E-state index in [2.05, 4.69) is 0 Å². The fourth-order valence-electron chi connectivity index (χ4n) is 8.80. The van der Waals surface area contributed by atoms with E-state index in [0.29, 0.717) is 31.4 Å². The number of thiophene rings is 1. The van der Waals surface area contributed by atoms with Gasteiger partial charge in [-0.1, -0.05) is 35.9 Å². The lowest BCUT2D eigenvalue weighted by Crippen LogP contribution is -2.49. The highest BCUT2D eigenvalue weighted by Gasteiger charge is 2.66. The van der Waals surface area contributed by atoms with Gasteiger partial charge in [0.05, 0.1) is 45.2 Å². The Morgan fingerprint density at radius 3 is 2.54 bits per heavy atom. The van der Waals surface area contributed by atoms with Crippen LogP contribution in [0.15, 0.2) is 88.0 Å². The van der Waals surface area contributed by atoms with Crippen molar-refractivity contribution in [3.63, 3.8) is 0 Å². The molecule has 274 valence electrons. The number of hydrogen-bond donors (Lipinski definition) is 1. The third-order valence-corrected chi connectivity index (χ3v) is 13.7. The molecular formula is C39H32ClIN6O6S. The summed E-state index contributed by atoms with van der Waals surface area (Å²) < 4.78 is 12.6. The normalized spacial score (nSPS) is 22.0. The number of carbonyl (C=O) groups excluding carboxylic acids is 2. The van der Waals surface area contributed by atoms with Crippen molar-refractivity contribution >= 4 is 73.2 Å². The number of phenols is 1. The molecule has 54 heavy (non-hydrogen) atoms. The molecule has 0 spiro atoms. The summed E-state index contributed by atoms with van der Waals surface area (Å²) in [6.07, 6.45) is 2.00. The average molecular weight is 875 g/mol. The van der Waals surface area contributed by atoms with Crippen molar-refractivity contribution in [2.45, 2.75) is 38.8 Å². The first-order valence-corrected chi connectivity index (χ1v) is 19.5. The number of allylic oxidation sites excluding steroid dienone is 2. The van der Waals surface area contributed by atoms with E-state index in [1.165, 1.54) is 21.4 Å². The number of phenolic OH excluding ortho intramolecular Hbond substituents is 1. The second-order valence-electron chi connectivity index (χ2n) is 14.1. The molecule has 15 heteroatoms. The largest absolute Gasteiger partial charge is 0.504 e. The van der Waals surface area contributed by atoms with Crippen LogP contribution in [-0.2, 0) is 23.2 Å². The molecule has 6 aromatic rings. The van der Waals surface area contributed by atoms with Crippen LogP contribution in [0.3, 0.4) is 0 Å². The Bertz CT molecular complexity index is 2760. The summed E-state index contributed by atoms with van der Waals surface area (Å²) in [5.74, 6) is -1.96. The van der Waals surface area contributed by atoms with Crippen molar-refractivity contribution in [2.75, 3.05) is 12.0 Å². The maximum absolute atomic E-state index is 15.2. The highest BCUT2D eigenvalue weighted by molar-refractivity contribution is 14.1. The maximum Gasteiger partial charge on any atom is 0.352 e. The van der Waals surface area contributed by atoms with Crippen molar-refractivity contribution < 1.29 is 19.4 Å². The number of amides is 2. The third kappa shape index (κ3) is 4.75. The van der Waals surface area contributed by atoms with Crippen LogP contribution in [0, 0.1) is 21.8 Å². The van der Waals surface area contributed by atoms with Crippen LogP contribution < -0.4 is 21.0 Å². The summed E-state index contributed by atoms with van der Waals surface area (Å²) >= 11 is 9.89. The molecule has 1 saturated carbocycles. The van der Waals surface area contributed by atoms with E-state index < -0.39 is 46.5 Å². The zero-order valence-corrected chi connectivity index (χ0v) is 33.1. The van der Waals surface area contributed by atoms with Gasteiger partial charge in [-0.25, -0.2) is 28.4 Å². The van der Waals surface area contributed by atoms with Gasteiger partial charge in [0.2, 0.25) is 11.8 Å². The van der Waals surface area contributed by atoms with Crippen LogP contribution in [0.4, 0.5) is 5.82 Å². The number of rotatable bonds is 5. The van der Waals surface area contributed by atoms with E-state index >= 15 is 4.79 Å². The molecule has 2 fully saturated rings. The summed E-state index contributed by atoms with van der Waals surface area (Å²) in [6, 6.07) is 19.0. The zero-order valence-electron chi connectivity index (χ0n) is 29.4. The molecule has 4 atom stereocenters. The minimum absolute atomic E-state index is 0.0461. The Hall–Kier alpha value is -4.93. The fourth-order valence-corrected chi connectivity index (χ4v) is 10.7. The Balaban J connectivity index is 1.21. The topological polar surface area (TPSA) is 134 Å². The number of aromatic hydroxyl groups is 1. The van der Waals surface area contributed by atoms with E-state index in [0.717, 1.165) is 30.7 Å². The van der Waals surface area contributed by atoms with E-state index in [-0.39, 0.29) is 24.5 Å². The number of fused-ring (bicyclic) bond motifs is 5. The molecule has 9 rings (SSSR count). The smallest absolute Gasteiger partial charge is 0.352 e. The lowest BCUT2D eigenvalue weighted by molar-refractivity contribution is -0.129. The second kappa shape index (κ2) is 12.3. The number of anilines is 1. The standard InChI is InChI=1S/C39H32ClIN6O6S/c1-19-24-16-21(40)10-11-30(24)54-34(19)27-18-31(43(3)42-27)46-35(49)25-17-28-23(12-13-44-37(51)45(38(52)47(28)44)22-8-6-5-7-9-22)32(39(25,2)36(46)50)20-14-26(41)33(48)29(15-20)53-4/h5-12,14-16,18,25,28,32,48H,13,17H2,1-4H3/t25-,28+,32-,39+/m0/s1. The Labute approximate surface area is 330 Å². The van der Waals surface area contributed by atoms with Crippen molar-refractivity contribution in [3.05, 3.63) is 119 Å². The van der Waals surface area contributed by atoms with Crippen LogP contribution in [0.2, 0.25) is 5.02 Å². The quantitative estimate of drug-likeness (QED) is 0.118. The number of aryl methyl sites for hydroxylation is 2. The highest BCUT2D eigenvalue weighted by atomic mass is 127. The van der Waals surface area contributed by atoms with Gasteiger partial charge in [-0.15, -0.1) is 11.3 Å². The number of carbonyl (C=O) groups is 2. The Morgan fingerprint density at radius 1 is 1.04 bits per heavy atom. The molecule has 1 N–H and O–H groups in total. The molecular weight excluding hydrogens is 843 g/mol. The van der Waals surface area contributed by atoms with Crippen molar-refractivity contribution in [2.24, 2.45) is 18.4 Å². The number of hydrogen-bond acceptors (Lipinski definition) is 8. The molecule has 0 unspecified atom stereocenters. The molecule has 1 aliphatic carbocycles. The van der Waals surface area contributed by atoms with Crippen LogP contribution in [0.25, 0.3) is 26.3 Å². The number of halogens is 2. The number of nitrogens with zero attached hydrogens (tertiary/aromatic N) is 6. The van der Waals surface area contributed by atoms with E-state index in [1.807, 2.05) is 60.7 Å². The number of benzene rings is 3. The Kier molecular flexibility index (Phi) is 7.93. The molecule has 12 nitrogen and oxygen atoms in total. The molecule has 3 aromatic carbocycles. The Morgan fingerprint density at radius 2 is 1.80 bits per heavy atom. The van der Waals surface area contributed by atoms with Gasteiger partial charge in [-0.3, -0.25) is 14.3 Å². The molecule has 2 amide bonds. The number of methoxy groups -OCH3 is 1. The van der Waals surface area contributed by atoms with Gasteiger partial charge in [0.15, 0.2) is 11.5 Å². The second-order valence-corrected chi connectivity index (χ2v) is 16.8. The summed E-state index contributed by atoms with van der Waals surface area (Å²) in [7, 11) is 3.16. The first kappa shape index (κ1) is 34.8. The molecule has 3 aliphatic rings. The van der Waals surface area contributed by atoms with Gasteiger partial charge >= 0.3 is 11.4 Å². The minimum Gasteiger partial charge on any atom is -0.504 e. The zero-order chi connectivity index (χ0) is 38.0. The first-order valence-electron chi connectivity index (χ1n) is 17.2. The highest BCUT2D eigenvalue weighted by Crippen LogP contribution is 2.62. The fraction of sp³-hybridized carbons (Fsp3) is 0.256. The van der Waals surface area contributed by atoms with E-state index in [9.17, 15) is 19.5 Å². The van der Waals surface area contributed by atoms with Gasteiger partial charge in [-0.05, 0) is 107 Å². The van der Waals surface area contributed by atoms with Gasteiger partial charge in [-0.2, -0.15) is 5.10 Å². The first-order chi connectivity index (χ1) is 25.8. The molecule has 2 aliphatic heterocycles. The lowest BCUT2D eigenvalue weighted by atomic mass is 9.56. The van der Waals surface area contributed by atoms with Gasteiger partial charge < -0.3 is 9.84 Å². The van der Waals surface area contributed by atoms with Gasteiger partial charge in [0.1, 0.15) is 11.5 Å². The summed E-state index contributed by atoms with van der Waals surface area (Å²) in [4.78, 5) is 60.3. The molecule has 0 radical (unpaired) electrons. The molecule has 1 saturated heterocycles. The summed E-state index contributed by atoms with van der Waals surface area (Å²) in [5, 5.41) is 17.3. The molecule has 0 bridgehead atoms. The molecule has 5 heterocycles. The predicted molar refractivity (Wildman–Crippen MR) is 214 cm³/mol. The lowest BCUT2D eigenvalue weighted by Gasteiger charge is -2.47. The van der Waals surface area contributed by atoms with Crippen molar-refractivity contribution in [3.8, 4) is 27.8 Å². The van der Waals surface area contributed by atoms with Gasteiger partial charge in [0, 0.05) is 28.8 Å². The van der Waals surface area contributed by atoms with E-state index in [1.54, 1.807) is 71.6 Å². The molecule has 3 aromatic heterocycles. The summed E-state index contributed by atoms with van der Waals surface area (Å²) in [6.45, 7) is 3.89. The van der Waals surface area contributed by atoms with Crippen molar-refractivity contribution in [1.82, 2.24) is 23.7 Å². The number of ether oxygens (including phenoxy) is 1. The van der Waals surface area contributed by atoms with Crippen LogP contribution in [0.5, 0.6) is 11.5 Å². The van der Waals surface area contributed by atoms with Crippen LogP contribution >= 0.6 is 45.5 Å². The maximum atomic E-state index is 15.2. The van der Waals surface area contributed by atoms with Crippen LogP contribution in [-0.4, -0.2) is 47.7 Å². The predicted octanol–water partition coefficient (Wildman–Crippen LogP) is 6.56. The van der Waals surface area contributed by atoms with Crippen molar-refractivity contribution in [1.29, 1.82) is 0 Å². The van der Waals surface area contributed by atoms with Crippen LogP contribution in [0.1, 0.15) is 36.4 Å². The summed E-state index contributed by atoms with van der Waals surface area (Å²) in [5.41, 5.74) is 1.05. The number of para-hydroxylation sites is 1. The average Bonchev–Trinajstić information content (AvgIpc) is 3.83. The number of aromatic nitrogens is 5. The van der Waals surface area contributed by atoms with E-state index in [4.69, 9.17) is 21.4 Å². The third-order valence-electron chi connectivity index (χ3n) is 11.4. The number of imide groups is 1. The monoisotopic (exact) mass is 874 g/mol. The van der Waals surface area contributed by atoms with Gasteiger partial charge in [0.25, 0.3) is 0 Å². The minimum atomic E-state index is -1.33.